The summed E-state index contributed by atoms with van der Waals surface area (Å²) in [6.45, 7) is 0. The number of thioether (sulfide) groups is 1. The van der Waals surface area contributed by atoms with Gasteiger partial charge in [0.1, 0.15) is 0 Å². The molecule has 3 rings (SSSR count). The molecule has 0 saturated carbocycles. The van der Waals surface area contributed by atoms with Gasteiger partial charge in [0.25, 0.3) is 0 Å². The van der Waals surface area contributed by atoms with Crippen molar-refractivity contribution in [3.8, 4) is 5.69 Å². The molecule has 100 valence electrons. The highest BCUT2D eigenvalue weighted by atomic mass is 32.2. The molecule has 1 aromatic heterocycles. The van der Waals surface area contributed by atoms with E-state index in [0.29, 0.717) is 0 Å². The Morgan fingerprint density at radius 1 is 1.05 bits per heavy atom. The minimum absolute atomic E-state index is 0.801. The van der Waals surface area contributed by atoms with Crippen LogP contribution in [0.25, 0.3) is 5.69 Å². The molecule has 2 N–H and O–H groups in total. The first kappa shape index (κ1) is 12.8. The summed E-state index contributed by atoms with van der Waals surface area (Å²) in [5.41, 5.74) is 8.85. The summed E-state index contributed by atoms with van der Waals surface area (Å²) in [5.74, 6) is 0.885. The summed E-state index contributed by atoms with van der Waals surface area (Å²) in [7, 11) is 0. The fourth-order valence-corrected chi connectivity index (χ4v) is 2.80. The van der Waals surface area contributed by atoms with Crippen molar-refractivity contribution in [2.45, 2.75) is 10.6 Å². The standard InChI is InChI=1S/C16H15N3S/c17-14-5-4-8-16(9-14)20-12-13-10-18-19(11-13)15-6-2-1-3-7-15/h1-11H,12,17H2. The van der Waals surface area contributed by atoms with Crippen molar-refractivity contribution in [1.82, 2.24) is 9.78 Å². The minimum atomic E-state index is 0.801. The van der Waals surface area contributed by atoms with E-state index in [1.165, 1.54) is 10.5 Å². The highest BCUT2D eigenvalue weighted by molar-refractivity contribution is 7.98. The molecule has 4 heteroatoms. The van der Waals surface area contributed by atoms with Gasteiger partial charge in [0.05, 0.1) is 11.9 Å². The smallest absolute Gasteiger partial charge is 0.0645 e. The molecule has 0 amide bonds. The lowest BCUT2D eigenvalue weighted by molar-refractivity contribution is 0.880. The molecular weight excluding hydrogens is 266 g/mol. The number of benzene rings is 2. The summed E-state index contributed by atoms with van der Waals surface area (Å²) in [4.78, 5) is 1.18. The number of nitrogens with two attached hydrogens (primary N) is 1. The van der Waals surface area contributed by atoms with Crippen LogP contribution in [-0.4, -0.2) is 9.78 Å². The van der Waals surface area contributed by atoms with Crippen molar-refractivity contribution in [2.24, 2.45) is 0 Å². The van der Waals surface area contributed by atoms with Gasteiger partial charge in [-0.2, -0.15) is 5.10 Å². The molecule has 0 radical (unpaired) electrons. The Kier molecular flexibility index (Phi) is 3.74. The lowest BCUT2D eigenvalue weighted by Gasteiger charge is -2.01. The zero-order valence-electron chi connectivity index (χ0n) is 10.9. The second-order valence-electron chi connectivity index (χ2n) is 4.49. The van der Waals surface area contributed by atoms with Gasteiger partial charge in [0.15, 0.2) is 0 Å². The molecule has 0 fully saturated rings. The largest absolute Gasteiger partial charge is 0.399 e. The van der Waals surface area contributed by atoms with Crippen LogP contribution in [0.15, 0.2) is 71.9 Å². The molecular formula is C16H15N3S. The van der Waals surface area contributed by atoms with Crippen LogP contribution in [-0.2, 0) is 5.75 Å². The van der Waals surface area contributed by atoms with Crippen LogP contribution in [0.5, 0.6) is 0 Å². The highest BCUT2D eigenvalue weighted by Crippen LogP contribution is 2.24. The fraction of sp³-hybridized carbons (Fsp3) is 0.0625. The predicted octanol–water partition coefficient (Wildman–Crippen LogP) is 3.75. The molecule has 0 saturated heterocycles. The van der Waals surface area contributed by atoms with Gasteiger partial charge >= 0.3 is 0 Å². The molecule has 0 spiro atoms. The number of nitrogens with zero attached hydrogens (tertiary/aromatic N) is 2. The third kappa shape index (κ3) is 3.03. The third-order valence-corrected chi connectivity index (χ3v) is 3.99. The van der Waals surface area contributed by atoms with Crippen molar-refractivity contribution >= 4 is 17.4 Å². The van der Waals surface area contributed by atoms with Crippen molar-refractivity contribution in [1.29, 1.82) is 0 Å². The normalized spacial score (nSPS) is 10.6. The molecule has 2 aromatic carbocycles. The van der Waals surface area contributed by atoms with E-state index in [1.54, 1.807) is 11.8 Å². The monoisotopic (exact) mass is 281 g/mol. The molecule has 1 heterocycles. The van der Waals surface area contributed by atoms with E-state index >= 15 is 0 Å². The highest BCUT2D eigenvalue weighted by Gasteiger charge is 2.02. The SMILES string of the molecule is Nc1cccc(SCc2cnn(-c3ccccc3)c2)c1. The van der Waals surface area contributed by atoms with E-state index in [4.69, 9.17) is 5.73 Å². The zero-order chi connectivity index (χ0) is 13.8. The number of nitrogen functional groups attached to an aromatic ring is 1. The summed E-state index contributed by atoms with van der Waals surface area (Å²) in [6.07, 6.45) is 3.97. The minimum Gasteiger partial charge on any atom is -0.399 e. The van der Waals surface area contributed by atoms with Crippen molar-refractivity contribution in [2.75, 3.05) is 5.73 Å². The van der Waals surface area contributed by atoms with Crippen molar-refractivity contribution in [3.05, 3.63) is 72.6 Å². The van der Waals surface area contributed by atoms with Crippen LogP contribution in [0.3, 0.4) is 0 Å². The summed E-state index contributed by atoms with van der Waals surface area (Å²) in [5, 5.41) is 4.39. The maximum Gasteiger partial charge on any atom is 0.0645 e. The number of anilines is 1. The Morgan fingerprint density at radius 3 is 2.70 bits per heavy atom. The van der Waals surface area contributed by atoms with Gasteiger partial charge in [-0.05, 0) is 30.3 Å². The first-order valence-corrected chi connectivity index (χ1v) is 7.37. The maximum atomic E-state index is 5.78. The molecule has 3 nitrogen and oxygen atoms in total. The van der Waals surface area contributed by atoms with Gasteiger partial charge in [-0.25, -0.2) is 4.68 Å². The van der Waals surface area contributed by atoms with Crippen molar-refractivity contribution in [3.63, 3.8) is 0 Å². The fourth-order valence-electron chi connectivity index (χ4n) is 1.93. The Bertz CT molecular complexity index is 692. The molecule has 3 aromatic rings. The molecule has 0 unspecified atom stereocenters. The van der Waals surface area contributed by atoms with Gasteiger partial charge < -0.3 is 5.73 Å². The van der Waals surface area contributed by atoms with Gasteiger partial charge in [0, 0.05) is 28.1 Å². The second-order valence-corrected chi connectivity index (χ2v) is 5.54. The van der Waals surface area contributed by atoms with Gasteiger partial charge in [-0.3, -0.25) is 0 Å². The number of aromatic nitrogens is 2. The van der Waals surface area contributed by atoms with E-state index in [0.717, 1.165) is 17.1 Å². The Hall–Kier alpha value is -2.20. The van der Waals surface area contributed by atoms with E-state index in [9.17, 15) is 0 Å². The topological polar surface area (TPSA) is 43.8 Å². The zero-order valence-corrected chi connectivity index (χ0v) is 11.8. The lowest BCUT2D eigenvalue weighted by Crippen LogP contribution is -1.92. The maximum absolute atomic E-state index is 5.78. The molecule has 0 aliphatic heterocycles. The summed E-state index contributed by atoms with van der Waals surface area (Å²) < 4.78 is 1.90. The van der Waals surface area contributed by atoms with Crippen LogP contribution in [0.2, 0.25) is 0 Å². The second kappa shape index (κ2) is 5.84. The van der Waals surface area contributed by atoms with E-state index in [2.05, 4.69) is 17.4 Å². The number of rotatable bonds is 4. The number of hydrogen-bond acceptors (Lipinski definition) is 3. The summed E-state index contributed by atoms with van der Waals surface area (Å²) in [6, 6.07) is 18.1. The number of para-hydroxylation sites is 1. The van der Waals surface area contributed by atoms with Gasteiger partial charge in [-0.1, -0.05) is 24.3 Å². The first-order valence-electron chi connectivity index (χ1n) is 6.38. The Balaban J connectivity index is 1.69. The Morgan fingerprint density at radius 2 is 1.90 bits per heavy atom. The summed E-state index contributed by atoms with van der Waals surface area (Å²) >= 11 is 1.76. The average Bonchev–Trinajstić information content (AvgIpc) is 2.95. The van der Waals surface area contributed by atoms with Crippen LogP contribution in [0.4, 0.5) is 5.69 Å². The Labute approximate surface area is 122 Å². The molecule has 0 bridgehead atoms. The molecule has 0 aliphatic rings. The van der Waals surface area contributed by atoms with Crippen LogP contribution < -0.4 is 5.73 Å². The van der Waals surface area contributed by atoms with Crippen LogP contribution >= 0.6 is 11.8 Å². The quantitative estimate of drug-likeness (QED) is 0.585. The van der Waals surface area contributed by atoms with Gasteiger partial charge in [-0.15, -0.1) is 11.8 Å². The van der Waals surface area contributed by atoms with E-state index < -0.39 is 0 Å². The van der Waals surface area contributed by atoms with Crippen LogP contribution in [0.1, 0.15) is 5.56 Å². The molecule has 0 atom stereocenters. The van der Waals surface area contributed by atoms with E-state index in [-0.39, 0.29) is 0 Å². The molecule has 20 heavy (non-hydrogen) atoms. The third-order valence-electron chi connectivity index (χ3n) is 2.92. The van der Waals surface area contributed by atoms with E-state index in [1.807, 2.05) is 59.4 Å². The lowest BCUT2D eigenvalue weighted by atomic mass is 10.3. The van der Waals surface area contributed by atoms with Crippen molar-refractivity contribution < 1.29 is 0 Å². The molecule has 0 aliphatic carbocycles. The number of hydrogen-bond donors (Lipinski definition) is 1. The van der Waals surface area contributed by atoms with Crippen LogP contribution in [0, 0.1) is 0 Å². The van der Waals surface area contributed by atoms with Gasteiger partial charge in [0.2, 0.25) is 0 Å². The predicted molar refractivity (Wildman–Crippen MR) is 84.0 cm³/mol. The average molecular weight is 281 g/mol. The first-order chi connectivity index (χ1) is 9.81.